The van der Waals surface area contributed by atoms with Crippen LogP contribution in [0.1, 0.15) is 58.3 Å². The molecule has 2 nitrogen and oxygen atoms in total. The summed E-state index contributed by atoms with van der Waals surface area (Å²) in [5.74, 6) is 0.940. The lowest BCUT2D eigenvalue weighted by Gasteiger charge is -2.29. The van der Waals surface area contributed by atoms with Crippen LogP contribution in [0, 0.1) is 10.8 Å². The van der Waals surface area contributed by atoms with Crippen molar-refractivity contribution in [1.82, 2.24) is 5.32 Å². The van der Waals surface area contributed by atoms with Crippen molar-refractivity contribution in [1.29, 1.82) is 0 Å². The molecule has 1 amide bonds. The second-order valence-electron chi connectivity index (χ2n) is 6.29. The van der Waals surface area contributed by atoms with Crippen LogP contribution in [-0.2, 0) is 4.79 Å². The monoisotopic (exact) mass is 257 g/mol. The third kappa shape index (κ3) is 2.78. The van der Waals surface area contributed by atoms with Gasteiger partial charge >= 0.3 is 0 Å². The quantitative estimate of drug-likeness (QED) is 0.768. The maximum Gasteiger partial charge on any atom is 0.225 e. The van der Waals surface area contributed by atoms with E-state index in [1.807, 2.05) is 0 Å². The van der Waals surface area contributed by atoms with Crippen LogP contribution in [-0.4, -0.2) is 18.3 Å². The van der Waals surface area contributed by atoms with Crippen molar-refractivity contribution in [3.8, 4) is 0 Å². The van der Waals surface area contributed by atoms with Gasteiger partial charge in [0, 0.05) is 23.3 Å². The van der Waals surface area contributed by atoms with E-state index in [4.69, 9.17) is 11.6 Å². The maximum atomic E-state index is 12.2. The molecule has 2 fully saturated rings. The molecule has 0 spiro atoms. The van der Waals surface area contributed by atoms with Crippen LogP contribution in [0.15, 0.2) is 0 Å². The SMILES string of the molecule is CC1(C(=O)NCC2(CCl)CCCC2)CCCC1. The summed E-state index contributed by atoms with van der Waals surface area (Å²) in [7, 11) is 0. The van der Waals surface area contributed by atoms with Gasteiger partial charge in [0.1, 0.15) is 0 Å². The van der Waals surface area contributed by atoms with E-state index in [-0.39, 0.29) is 16.7 Å². The molecule has 2 aliphatic rings. The Bertz CT molecular complexity index is 278. The Morgan fingerprint density at radius 2 is 1.65 bits per heavy atom. The number of carbonyl (C=O) groups is 1. The van der Waals surface area contributed by atoms with Crippen molar-refractivity contribution in [2.45, 2.75) is 58.3 Å². The molecule has 0 unspecified atom stereocenters. The third-order valence-electron chi connectivity index (χ3n) is 4.83. The summed E-state index contributed by atoms with van der Waals surface area (Å²) in [6, 6.07) is 0. The lowest BCUT2D eigenvalue weighted by Crippen LogP contribution is -2.43. The van der Waals surface area contributed by atoms with Crippen LogP contribution in [0.4, 0.5) is 0 Å². The maximum absolute atomic E-state index is 12.2. The minimum Gasteiger partial charge on any atom is -0.355 e. The number of hydrogen-bond donors (Lipinski definition) is 1. The van der Waals surface area contributed by atoms with Crippen LogP contribution in [0.5, 0.6) is 0 Å². The molecule has 2 rings (SSSR count). The molecular formula is C14H24ClNO. The van der Waals surface area contributed by atoms with E-state index in [1.165, 1.54) is 38.5 Å². The molecule has 3 heteroatoms. The molecular weight excluding hydrogens is 234 g/mol. The Morgan fingerprint density at radius 1 is 1.12 bits per heavy atom. The predicted octanol–water partition coefficient (Wildman–Crippen LogP) is 3.48. The first-order chi connectivity index (χ1) is 8.10. The van der Waals surface area contributed by atoms with Crippen molar-refractivity contribution in [3.63, 3.8) is 0 Å². The first kappa shape index (κ1) is 13.2. The summed E-state index contributed by atoms with van der Waals surface area (Å²) in [5.41, 5.74) is 0.0816. The average molecular weight is 258 g/mol. The van der Waals surface area contributed by atoms with Gasteiger partial charge < -0.3 is 5.32 Å². The molecule has 0 radical (unpaired) electrons. The second-order valence-corrected chi connectivity index (χ2v) is 6.56. The fraction of sp³-hybridized carbons (Fsp3) is 0.929. The van der Waals surface area contributed by atoms with Gasteiger partial charge in [0.05, 0.1) is 0 Å². The smallest absolute Gasteiger partial charge is 0.225 e. The zero-order chi connectivity index (χ0) is 12.4. The summed E-state index contributed by atoms with van der Waals surface area (Å²) in [6.45, 7) is 2.89. The standard InChI is InChI=1S/C14H24ClNO/c1-13(6-2-3-7-13)12(17)16-11-14(10-15)8-4-5-9-14/h2-11H2,1H3,(H,16,17). The van der Waals surface area contributed by atoms with E-state index < -0.39 is 0 Å². The van der Waals surface area contributed by atoms with Gasteiger partial charge in [-0.15, -0.1) is 11.6 Å². The van der Waals surface area contributed by atoms with Gasteiger partial charge in [0.15, 0.2) is 0 Å². The highest BCUT2D eigenvalue weighted by Crippen LogP contribution is 2.40. The Hall–Kier alpha value is -0.240. The highest BCUT2D eigenvalue weighted by atomic mass is 35.5. The molecule has 0 aromatic heterocycles. The van der Waals surface area contributed by atoms with Gasteiger partial charge in [-0.3, -0.25) is 4.79 Å². The Balaban J connectivity index is 1.87. The van der Waals surface area contributed by atoms with Crippen molar-refractivity contribution in [3.05, 3.63) is 0 Å². The molecule has 0 saturated heterocycles. The summed E-state index contributed by atoms with van der Waals surface area (Å²) in [6.07, 6.45) is 9.37. The fourth-order valence-corrected chi connectivity index (χ4v) is 3.71. The molecule has 2 aliphatic carbocycles. The summed E-state index contributed by atoms with van der Waals surface area (Å²) >= 11 is 6.09. The zero-order valence-electron chi connectivity index (χ0n) is 10.9. The number of hydrogen-bond acceptors (Lipinski definition) is 1. The van der Waals surface area contributed by atoms with E-state index >= 15 is 0 Å². The molecule has 1 N–H and O–H groups in total. The van der Waals surface area contributed by atoms with E-state index in [2.05, 4.69) is 12.2 Å². The van der Waals surface area contributed by atoms with Gasteiger partial charge in [0.25, 0.3) is 0 Å². The Morgan fingerprint density at radius 3 is 2.18 bits per heavy atom. The van der Waals surface area contributed by atoms with Crippen molar-refractivity contribution >= 4 is 17.5 Å². The van der Waals surface area contributed by atoms with Crippen LogP contribution >= 0.6 is 11.6 Å². The second kappa shape index (κ2) is 5.17. The summed E-state index contributed by atoms with van der Waals surface area (Å²) in [5, 5.41) is 3.18. The van der Waals surface area contributed by atoms with Crippen molar-refractivity contribution in [2.24, 2.45) is 10.8 Å². The first-order valence-corrected chi connectivity index (χ1v) is 7.48. The third-order valence-corrected chi connectivity index (χ3v) is 5.39. The Kier molecular flexibility index (Phi) is 4.02. The van der Waals surface area contributed by atoms with Gasteiger partial charge in [-0.1, -0.05) is 32.6 Å². The topological polar surface area (TPSA) is 29.1 Å². The van der Waals surface area contributed by atoms with Crippen LogP contribution < -0.4 is 5.32 Å². The number of nitrogens with one attached hydrogen (secondary N) is 1. The molecule has 2 saturated carbocycles. The number of halogens is 1. The summed E-state index contributed by atoms with van der Waals surface area (Å²) in [4.78, 5) is 12.2. The molecule has 0 aromatic carbocycles. The van der Waals surface area contributed by atoms with E-state index in [9.17, 15) is 4.79 Å². The van der Waals surface area contributed by atoms with Crippen LogP contribution in [0.25, 0.3) is 0 Å². The van der Waals surface area contributed by atoms with Crippen molar-refractivity contribution in [2.75, 3.05) is 12.4 Å². The summed E-state index contributed by atoms with van der Waals surface area (Å²) < 4.78 is 0. The molecule has 0 atom stereocenters. The molecule has 0 bridgehead atoms. The highest BCUT2D eigenvalue weighted by molar-refractivity contribution is 6.18. The van der Waals surface area contributed by atoms with Crippen LogP contribution in [0.2, 0.25) is 0 Å². The predicted molar refractivity (Wildman–Crippen MR) is 71.2 cm³/mol. The average Bonchev–Trinajstić information content (AvgIpc) is 2.96. The van der Waals surface area contributed by atoms with E-state index in [1.54, 1.807) is 0 Å². The molecule has 0 aliphatic heterocycles. The fourth-order valence-electron chi connectivity index (χ4n) is 3.35. The highest BCUT2D eigenvalue weighted by Gasteiger charge is 2.38. The normalized spacial score (nSPS) is 26.0. The lowest BCUT2D eigenvalue weighted by atomic mass is 9.85. The number of rotatable bonds is 4. The molecule has 17 heavy (non-hydrogen) atoms. The number of amides is 1. The van der Waals surface area contributed by atoms with Gasteiger partial charge in [-0.05, 0) is 25.7 Å². The molecule has 0 aromatic rings. The van der Waals surface area contributed by atoms with Gasteiger partial charge in [-0.2, -0.15) is 0 Å². The van der Waals surface area contributed by atoms with E-state index in [0.29, 0.717) is 5.88 Å². The number of carbonyl (C=O) groups excluding carboxylic acids is 1. The molecule has 0 heterocycles. The largest absolute Gasteiger partial charge is 0.355 e. The van der Waals surface area contributed by atoms with E-state index in [0.717, 1.165) is 19.4 Å². The molecule has 98 valence electrons. The minimum atomic E-state index is -0.105. The minimum absolute atomic E-state index is 0.105. The van der Waals surface area contributed by atoms with Gasteiger partial charge in [0.2, 0.25) is 5.91 Å². The lowest BCUT2D eigenvalue weighted by molar-refractivity contribution is -0.130. The van der Waals surface area contributed by atoms with Crippen molar-refractivity contribution < 1.29 is 4.79 Å². The number of alkyl halides is 1. The zero-order valence-corrected chi connectivity index (χ0v) is 11.6. The van der Waals surface area contributed by atoms with Gasteiger partial charge in [-0.25, -0.2) is 0 Å². The van der Waals surface area contributed by atoms with Crippen LogP contribution in [0.3, 0.4) is 0 Å². The Labute approximate surface area is 109 Å². The first-order valence-electron chi connectivity index (χ1n) is 6.95.